The van der Waals surface area contributed by atoms with Crippen molar-refractivity contribution in [3.8, 4) is 11.5 Å². The summed E-state index contributed by atoms with van der Waals surface area (Å²) in [7, 11) is 1.65. The third kappa shape index (κ3) is 10.1. The number of piperidine rings is 1. The minimum Gasteiger partial charge on any atom is -0.486 e. The van der Waals surface area contributed by atoms with E-state index in [0.717, 1.165) is 36.6 Å². The Morgan fingerprint density at radius 2 is 1.92 bits per heavy atom. The number of fused-ring (bicyclic) bond motifs is 1. The lowest BCUT2D eigenvalue weighted by Gasteiger charge is -2.32. The highest BCUT2D eigenvalue weighted by molar-refractivity contribution is 5.76. The molecule has 208 valence electrons. The average Bonchev–Trinajstić information content (AvgIpc) is 2.92. The number of ether oxygens (including phenoxy) is 2. The van der Waals surface area contributed by atoms with E-state index < -0.39 is 0 Å². The molecule has 1 unspecified atom stereocenters. The number of likely N-dealkylation sites (tertiary alicyclic amines) is 1. The van der Waals surface area contributed by atoms with Gasteiger partial charge in [0.1, 0.15) is 19.0 Å². The number of hydrogen-bond donors (Lipinski definition) is 1. The maximum absolute atomic E-state index is 11.1. The molecule has 1 aromatic carbocycles. The van der Waals surface area contributed by atoms with Gasteiger partial charge in [-0.2, -0.15) is 10.2 Å². The number of rotatable bonds is 11. The van der Waals surface area contributed by atoms with Crippen LogP contribution in [0.15, 0.2) is 46.8 Å². The molecule has 2 aliphatic rings. The van der Waals surface area contributed by atoms with Crippen LogP contribution in [0.25, 0.3) is 0 Å². The summed E-state index contributed by atoms with van der Waals surface area (Å²) < 4.78 is 11.1. The first-order chi connectivity index (χ1) is 18.5. The van der Waals surface area contributed by atoms with E-state index in [1.165, 1.54) is 50.0 Å². The van der Waals surface area contributed by atoms with Gasteiger partial charge in [0.2, 0.25) is 0 Å². The van der Waals surface area contributed by atoms with E-state index in [1.807, 2.05) is 18.2 Å². The van der Waals surface area contributed by atoms with Gasteiger partial charge in [-0.15, -0.1) is 0 Å². The van der Waals surface area contributed by atoms with Gasteiger partial charge >= 0.3 is 0 Å². The molecule has 0 bridgehead atoms. The normalized spacial score (nSPS) is 16.6. The molecular weight excluding hydrogens is 478 g/mol. The number of pyridine rings is 1. The molecule has 8 heteroatoms. The van der Waals surface area contributed by atoms with Crippen molar-refractivity contribution in [2.45, 2.75) is 77.9 Å². The van der Waals surface area contributed by atoms with Crippen molar-refractivity contribution in [1.29, 1.82) is 0 Å². The largest absolute Gasteiger partial charge is 0.486 e. The van der Waals surface area contributed by atoms with Gasteiger partial charge in [0.05, 0.1) is 17.9 Å². The second kappa shape index (κ2) is 16.2. The van der Waals surface area contributed by atoms with Crippen molar-refractivity contribution < 1.29 is 14.3 Å². The van der Waals surface area contributed by atoms with Gasteiger partial charge in [-0.1, -0.05) is 31.2 Å². The second-order valence-corrected chi connectivity index (χ2v) is 10.2. The van der Waals surface area contributed by atoms with Crippen LogP contribution >= 0.6 is 0 Å². The van der Waals surface area contributed by atoms with Crippen molar-refractivity contribution in [3.63, 3.8) is 0 Å². The number of carbonyl (C=O) groups is 1. The van der Waals surface area contributed by atoms with E-state index >= 15 is 0 Å². The molecule has 1 fully saturated rings. The Bertz CT molecular complexity index is 1020. The molecule has 1 aromatic heterocycles. The molecule has 0 radical (unpaired) electrons. The molecule has 3 heterocycles. The first kappa shape index (κ1) is 29.7. The van der Waals surface area contributed by atoms with Gasteiger partial charge in [0.25, 0.3) is 0 Å². The van der Waals surface area contributed by atoms with Crippen LogP contribution in [-0.2, 0) is 17.8 Å². The van der Waals surface area contributed by atoms with Gasteiger partial charge < -0.3 is 19.7 Å². The lowest BCUT2D eigenvalue weighted by atomic mass is 9.99. The van der Waals surface area contributed by atoms with Gasteiger partial charge in [0.15, 0.2) is 11.5 Å². The zero-order valence-electron chi connectivity index (χ0n) is 23.6. The maximum Gasteiger partial charge on any atom is 0.179 e. The number of hydrogen-bond acceptors (Lipinski definition) is 8. The molecule has 1 N–H and O–H groups in total. The zero-order valence-corrected chi connectivity index (χ0v) is 23.6. The summed E-state index contributed by atoms with van der Waals surface area (Å²) in [4.78, 5) is 18.1. The summed E-state index contributed by atoms with van der Waals surface area (Å²) in [6.07, 6.45) is 7.79. The quantitative estimate of drug-likeness (QED) is 0.409. The van der Waals surface area contributed by atoms with E-state index in [-0.39, 0.29) is 11.8 Å². The molecule has 38 heavy (non-hydrogen) atoms. The van der Waals surface area contributed by atoms with Crippen molar-refractivity contribution in [3.05, 3.63) is 53.3 Å². The predicted molar refractivity (Wildman–Crippen MR) is 151 cm³/mol. The molecular formula is C30H45N5O3. The number of aryl methyl sites for hydroxylation is 2. The fourth-order valence-corrected chi connectivity index (χ4v) is 4.92. The minimum atomic E-state index is 0.0251. The smallest absolute Gasteiger partial charge is 0.179 e. The SMILES string of the molecule is CCCN1CCC(NCc2cc3c(cn2)OCCO3)CC1.CN=NC(CCc1ccccc1C)CC(C)=O. The molecule has 0 saturated carbocycles. The molecule has 1 atom stereocenters. The molecule has 0 aliphatic carbocycles. The summed E-state index contributed by atoms with van der Waals surface area (Å²) in [6, 6.07) is 10.9. The monoisotopic (exact) mass is 523 g/mol. The van der Waals surface area contributed by atoms with Crippen LogP contribution in [0.4, 0.5) is 0 Å². The standard InChI is InChI=1S/C16H25N3O2.C14H20N2O/c1-2-5-19-6-3-13(4-7-19)17-11-14-10-15-16(12-18-14)21-9-8-20-15;1-11-6-4-5-7-13(11)8-9-14(16-15-3)10-12(2)17/h10,12-13,17H,2-9,11H2,1H3;4-7,14H,8-10H2,1-3H3. The van der Waals surface area contributed by atoms with Crippen LogP contribution in [-0.4, -0.2) is 67.6 Å². The number of ketones is 1. The summed E-state index contributed by atoms with van der Waals surface area (Å²) in [5.74, 6) is 1.76. The van der Waals surface area contributed by atoms with Crippen molar-refractivity contribution in [2.24, 2.45) is 10.2 Å². The Hall–Kier alpha value is -2.84. The maximum atomic E-state index is 11.1. The summed E-state index contributed by atoms with van der Waals surface area (Å²) in [6.45, 7) is 11.6. The van der Waals surface area contributed by atoms with Crippen LogP contribution in [0.1, 0.15) is 62.8 Å². The number of aromatic nitrogens is 1. The van der Waals surface area contributed by atoms with E-state index in [2.05, 4.69) is 51.4 Å². The summed E-state index contributed by atoms with van der Waals surface area (Å²) in [5, 5.41) is 11.5. The van der Waals surface area contributed by atoms with Gasteiger partial charge in [-0.05, 0) is 76.7 Å². The number of Topliss-reactive ketones (excluding diaryl/α,β-unsaturated/α-hetero) is 1. The molecule has 2 aliphatic heterocycles. The van der Waals surface area contributed by atoms with E-state index in [0.29, 0.717) is 25.7 Å². The number of nitrogens with zero attached hydrogens (tertiary/aromatic N) is 4. The molecule has 1 saturated heterocycles. The van der Waals surface area contributed by atoms with Crippen molar-refractivity contribution >= 4 is 5.78 Å². The lowest BCUT2D eigenvalue weighted by molar-refractivity contribution is -0.117. The Kier molecular flexibility index (Phi) is 12.7. The third-order valence-corrected chi connectivity index (χ3v) is 7.00. The Labute approximate surface area is 228 Å². The highest BCUT2D eigenvalue weighted by atomic mass is 16.6. The van der Waals surface area contributed by atoms with Crippen LogP contribution in [0.3, 0.4) is 0 Å². The minimum absolute atomic E-state index is 0.0251. The number of azo groups is 1. The zero-order chi connectivity index (χ0) is 27.2. The molecule has 0 spiro atoms. The Morgan fingerprint density at radius 1 is 1.18 bits per heavy atom. The third-order valence-electron chi connectivity index (χ3n) is 7.00. The van der Waals surface area contributed by atoms with Crippen LogP contribution in [0.2, 0.25) is 0 Å². The topological polar surface area (TPSA) is 88.4 Å². The fraction of sp³-hybridized carbons (Fsp3) is 0.600. The van der Waals surface area contributed by atoms with E-state index in [9.17, 15) is 4.79 Å². The van der Waals surface area contributed by atoms with E-state index in [4.69, 9.17) is 9.47 Å². The molecule has 8 nitrogen and oxygen atoms in total. The average molecular weight is 524 g/mol. The predicted octanol–water partition coefficient (Wildman–Crippen LogP) is 5.17. The summed E-state index contributed by atoms with van der Waals surface area (Å²) >= 11 is 0. The first-order valence-corrected chi connectivity index (χ1v) is 14.0. The lowest BCUT2D eigenvalue weighted by Crippen LogP contribution is -2.42. The summed E-state index contributed by atoms with van der Waals surface area (Å²) in [5.41, 5.74) is 3.64. The fourth-order valence-electron chi connectivity index (χ4n) is 4.92. The molecule has 0 amide bonds. The van der Waals surface area contributed by atoms with Gasteiger partial charge in [0, 0.05) is 32.1 Å². The van der Waals surface area contributed by atoms with Crippen LogP contribution in [0, 0.1) is 6.92 Å². The number of carbonyl (C=O) groups excluding carboxylic acids is 1. The molecule has 2 aromatic rings. The van der Waals surface area contributed by atoms with Crippen LogP contribution < -0.4 is 14.8 Å². The van der Waals surface area contributed by atoms with Gasteiger partial charge in [-0.3, -0.25) is 9.78 Å². The Morgan fingerprint density at radius 3 is 2.61 bits per heavy atom. The van der Waals surface area contributed by atoms with Crippen molar-refractivity contribution in [2.75, 3.05) is 39.9 Å². The molecule has 4 rings (SSSR count). The highest BCUT2D eigenvalue weighted by Crippen LogP contribution is 2.29. The van der Waals surface area contributed by atoms with Crippen molar-refractivity contribution in [1.82, 2.24) is 15.2 Å². The van der Waals surface area contributed by atoms with Crippen LogP contribution in [0.5, 0.6) is 11.5 Å². The number of benzene rings is 1. The highest BCUT2D eigenvalue weighted by Gasteiger charge is 2.19. The Balaban J connectivity index is 0.000000216. The van der Waals surface area contributed by atoms with E-state index in [1.54, 1.807) is 20.2 Å². The van der Waals surface area contributed by atoms with Gasteiger partial charge in [-0.25, -0.2) is 0 Å². The second-order valence-electron chi connectivity index (χ2n) is 10.2. The number of nitrogens with one attached hydrogen (secondary N) is 1. The first-order valence-electron chi connectivity index (χ1n) is 14.0.